The van der Waals surface area contributed by atoms with Crippen LogP contribution < -0.4 is 10.3 Å². The molecular weight excluding hydrogens is 512 g/mol. The van der Waals surface area contributed by atoms with Crippen molar-refractivity contribution in [3.63, 3.8) is 0 Å². The van der Waals surface area contributed by atoms with Gasteiger partial charge in [-0.25, -0.2) is 4.98 Å². The van der Waals surface area contributed by atoms with Crippen molar-refractivity contribution in [2.45, 2.75) is 32.8 Å². The molecule has 0 aliphatic rings. The number of hydrogen-bond acceptors (Lipinski definition) is 6. The van der Waals surface area contributed by atoms with Crippen molar-refractivity contribution in [3.8, 4) is 5.75 Å². The normalized spacial score (nSPS) is 12.2. The lowest BCUT2D eigenvalue weighted by atomic mass is 10.1. The van der Waals surface area contributed by atoms with E-state index in [1.54, 1.807) is 30.5 Å². The third-order valence-corrected chi connectivity index (χ3v) is 6.15. The SMILES string of the molecule is CC[C@@H](C)c1nc2ccc(Br)cc2c(=O)n1N=Cc1ccccc1OCc1ccc([N+](=O)[O-])cc1. The molecule has 35 heavy (non-hydrogen) atoms. The summed E-state index contributed by atoms with van der Waals surface area (Å²) in [5.74, 6) is 1.19. The van der Waals surface area contributed by atoms with E-state index >= 15 is 0 Å². The van der Waals surface area contributed by atoms with Crippen LogP contribution >= 0.6 is 15.9 Å². The number of hydrogen-bond donors (Lipinski definition) is 0. The third kappa shape index (κ3) is 5.46. The van der Waals surface area contributed by atoms with Crippen LogP contribution in [0.1, 0.15) is 43.1 Å². The van der Waals surface area contributed by atoms with Crippen molar-refractivity contribution in [2.75, 3.05) is 0 Å². The average Bonchev–Trinajstić information content (AvgIpc) is 2.87. The Labute approximate surface area is 210 Å². The second kappa shape index (κ2) is 10.6. The van der Waals surface area contributed by atoms with Gasteiger partial charge in [0.25, 0.3) is 11.2 Å². The van der Waals surface area contributed by atoms with Gasteiger partial charge in [-0.2, -0.15) is 9.78 Å². The molecular formula is C26H23BrN4O4. The van der Waals surface area contributed by atoms with Crippen molar-refractivity contribution in [3.05, 3.63) is 109 Å². The second-order valence-electron chi connectivity index (χ2n) is 8.05. The molecule has 0 aliphatic heterocycles. The number of halogens is 1. The first-order valence-corrected chi connectivity index (χ1v) is 11.9. The summed E-state index contributed by atoms with van der Waals surface area (Å²) in [6.07, 6.45) is 2.39. The van der Waals surface area contributed by atoms with Crippen molar-refractivity contribution < 1.29 is 9.66 Å². The first-order valence-electron chi connectivity index (χ1n) is 11.1. The first kappa shape index (κ1) is 24.3. The quantitative estimate of drug-likeness (QED) is 0.156. The molecule has 0 radical (unpaired) electrons. The zero-order valence-electron chi connectivity index (χ0n) is 19.2. The highest BCUT2D eigenvalue weighted by molar-refractivity contribution is 9.10. The van der Waals surface area contributed by atoms with Gasteiger partial charge in [0, 0.05) is 28.1 Å². The Morgan fingerprint density at radius 2 is 1.91 bits per heavy atom. The first-order chi connectivity index (χ1) is 16.9. The number of ether oxygens (including phenoxy) is 1. The molecule has 8 nitrogen and oxygen atoms in total. The van der Waals surface area contributed by atoms with Crippen LogP contribution in [0.25, 0.3) is 10.9 Å². The Bertz CT molecular complexity index is 1460. The van der Waals surface area contributed by atoms with Crippen LogP contribution in [0, 0.1) is 10.1 Å². The molecule has 0 fully saturated rings. The Morgan fingerprint density at radius 3 is 2.63 bits per heavy atom. The van der Waals surface area contributed by atoms with Crippen LogP contribution in [0.5, 0.6) is 5.75 Å². The fourth-order valence-electron chi connectivity index (χ4n) is 3.49. The molecule has 0 N–H and O–H groups in total. The van der Waals surface area contributed by atoms with Gasteiger partial charge >= 0.3 is 0 Å². The predicted octanol–water partition coefficient (Wildman–Crippen LogP) is 6.04. The maximum atomic E-state index is 13.3. The summed E-state index contributed by atoms with van der Waals surface area (Å²) < 4.78 is 8.11. The molecule has 0 spiro atoms. The number of benzene rings is 3. The highest BCUT2D eigenvalue weighted by Gasteiger charge is 2.16. The number of aromatic nitrogens is 2. The van der Waals surface area contributed by atoms with E-state index < -0.39 is 4.92 Å². The predicted molar refractivity (Wildman–Crippen MR) is 139 cm³/mol. The molecule has 4 aromatic rings. The number of non-ortho nitro benzene ring substituents is 1. The van der Waals surface area contributed by atoms with Crippen molar-refractivity contribution in [2.24, 2.45) is 5.10 Å². The monoisotopic (exact) mass is 534 g/mol. The molecule has 0 unspecified atom stereocenters. The smallest absolute Gasteiger partial charge is 0.282 e. The molecule has 4 rings (SSSR count). The van der Waals surface area contributed by atoms with E-state index in [2.05, 4.69) is 21.0 Å². The Morgan fingerprint density at radius 1 is 1.17 bits per heavy atom. The lowest BCUT2D eigenvalue weighted by Gasteiger charge is -2.14. The van der Waals surface area contributed by atoms with Gasteiger partial charge in [-0.15, -0.1) is 0 Å². The highest BCUT2D eigenvalue weighted by Crippen LogP contribution is 2.22. The fourth-order valence-corrected chi connectivity index (χ4v) is 3.85. The van der Waals surface area contributed by atoms with Gasteiger partial charge in [0.15, 0.2) is 0 Å². The second-order valence-corrected chi connectivity index (χ2v) is 8.97. The molecule has 1 heterocycles. The average molecular weight is 535 g/mol. The fraction of sp³-hybridized carbons (Fsp3) is 0.192. The number of nitro benzene ring substituents is 1. The van der Waals surface area contributed by atoms with Gasteiger partial charge < -0.3 is 4.74 Å². The zero-order valence-corrected chi connectivity index (χ0v) is 20.8. The minimum absolute atomic E-state index is 0.0276. The van der Waals surface area contributed by atoms with Crippen LogP contribution in [0.3, 0.4) is 0 Å². The van der Waals surface area contributed by atoms with E-state index in [0.29, 0.717) is 28.0 Å². The lowest BCUT2D eigenvalue weighted by molar-refractivity contribution is -0.384. The Balaban J connectivity index is 1.66. The van der Waals surface area contributed by atoms with Crippen LogP contribution in [0.2, 0.25) is 0 Å². The number of nitro groups is 1. The van der Waals surface area contributed by atoms with Crippen LogP contribution in [-0.2, 0) is 6.61 Å². The number of nitrogens with zero attached hydrogens (tertiary/aromatic N) is 4. The lowest BCUT2D eigenvalue weighted by Crippen LogP contribution is -2.23. The summed E-state index contributed by atoms with van der Waals surface area (Å²) in [4.78, 5) is 28.5. The largest absolute Gasteiger partial charge is 0.488 e. The minimum atomic E-state index is -0.438. The van der Waals surface area contributed by atoms with Crippen LogP contribution in [0.4, 0.5) is 5.69 Å². The number of fused-ring (bicyclic) bond motifs is 1. The summed E-state index contributed by atoms with van der Waals surface area (Å²) in [7, 11) is 0. The van der Waals surface area contributed by atoms with Crippen molar-refractivity contribution in [1.82, 2.24) is 9.66 Å². The molecule has 178 valence electrons. The molecule has 9 heteroatoms. The van der Waals surface area contributed by atoms with E-state index in [4.69, 9.17) is 9.72 Å². The number of para-hydroxylation sites is 1. The molecule has 3 aromatic carbocycles. The molecule has 0 bridgehead atoms. The summed E-state index contributed by atoms with van der Waals surface area (Å²) in [6.45, 7) is 4.28. The van der Waals surface area contributed by atoms with E-state index in [-0.39, 0.29) is 23.8 Å². The summed E-state index contributed by atoms with van der Waals surface area (Å²) >= 11 is 3.42. The maximum Gasteiger partial charge on any atom is 0.282 e. The van der Waals surface area contributed by atoms with Crippen molar-refractivity contribution in [1.29, 1.82) is 0 Å². The number of rotatable bonds is 8. The van der Waals surface area contributed by atoms with Gasteiger partial charge in [-0.3, -0.25) is 14.9 Å². The summed E-state index contributed by atoms with van der Waals surface area (Å²) in [6, 6.07) is 19.0. The molecule has 1 atom stereocenters. The minimum Gasteiger partial charge on any atom is -0.488 e. The highest BCUT2D eigenvalue weighted by atomic mass is 79.9. The molecule has 1 aromatic heterocycles. The Kier molecular flexibility index (Phi) is 7.36. The van der Waals surface area contributed by atoms with Gasteiger partial charge in [0.05, 0.1) is 22.0 Å². The van der Waals surface area contributed by atoms with E-state index in [0.717, 1.165) is 16.5 Å². The molecule has 0 saturated carbocycles. The van der Waals surface area contributed by atoms with Gasteiger partial charge in [-0.05, 0) is 54.4 Å². The van der Waals surface area contributed by atoms with E-state index in [9.17, 15) is 14.9 Å². The van der Waals surface area contributed by atoms with E-state index in [1.165, 1.54) is 16.8 Å². The zero-order chi connectivity index (χ0) is 24.9. The topological polar surface area (TPSA) is 99.6 Å². The standard InChI is InChI=1S/C26H23BrN4O4/c1-3-17(2)25-29-23-13-10-20(27)14-22(23)26(32)30(25)28-15-19-6-4-5-7-24(19)35-16-18-8-11-21(12-9-18)31(33)34/h4-15,17H,3,16H2,1-2H3/t17-/m1/s1. The van der Waals surface area contributed by atoms with Gasteiger partial charge in [0.2, 0.25) is 0 Å². The molecule has 0 aliphatic carbocycles. The van der Waals surface area contributed by atoms with Gasteiger partial charge in [-0.1, -0.05) is 41.9 Å². The van der Waals surface area contributed by atoms with Gasteiger partial charge in [0.1, 0.15) is 18.2 Å². The summed E-state index contributed by atoms with van der Waals surface area (Å²) in [5, 5.41) is 15.8. The third-order valence-electron chi connectivity index (χ3n) is 5.66. The van der Waals surface area contributed by atoms with E-state index in [1.807, 2.05) is 44.2 Å². The summed E-state index contributed by atoms with van der Waals surface area (Å²) in [5.41, 5.74) is 1.89. The van der Waals surface area contributed by atoms with Crippen LogP contribution in [0.15, 0.2) is 81.1 Å². The van der Waals surface area contributed by atoms with Crippen LogP contribution in [-0.4, -0.2) is 20.8 Å². The van der Waals surface area contributed by atoms with Crippen molar-refractivity contribution >= 4 is 38.7 Å². The maximum absolute atomic E-state index is 13.3. The molecule has 0 saturated heterocycles. The Hall–Kier alpha value is -3.85. The molecule has 0 amide bonds.